The molecular formula is C13H26O3Si. The average molecular weight is 258 g/mol. The Kier molecular flexibility index (Phi) is 4.55. The first kappa shape index (κ1) is 14.9. The van der Waals surface area contributed by atoms with Crippen LogP contribution in [-0.4, -0.2) is 31.9 Å². The summed E-state index contributed by atoms with van der Waals surface area (Å²) in [6.45, 7) is 11.1. The van der Waals surface area contributed by atoms with Crippen molar-refractivity contribution < 1.29 is 14.3 Å². The Morgan fingerprint density at radius 3 is 2.41 bits per heavy atom. The van der Waals surface area contributed by atoms with Crippen LogP contribution in [-0.2, 0) is 9.22 Å². The molecule has 0 aromatic heterocycles. The van der Waals surface area contributed by atoms with Crippen molar-refractivity contribution in [3.63, 3.8) is 0 Å². The second kappa shape index (κ2) is 5.20. The predicted octanol–water partition coefficient (Wildman–Crippen LogP) is 2.74. The molecule has 0 amide bonds. The summed E-state index contributed by atoms with van der Waals surface area (Å²) in [4.78, 5) is 10.5. The first-order chi connectivity index (χ1) is 7.67. The third-order valence-corrected chi connectivity index (χ3v) is 8.82. The van der Waals surface area contributed by atoms with Gasteiger partial charge in [0.1, 0.15) is 6.29 Å². The van der Waals surface area contributed by atoms with Crippen LogP contribution in [0.25, 0.3) is 0 Å². The molecular weight excluding hydrogens is 232 g/mol. The number of aliphatic hydroxyl groups is 1. The lowest BCUT2D eigenvalue weighted by atomic mass is 10.0. The zero-order valence-corrected chi connectivity index (χ0v) is 12.7. The first-order valence-electron chi connectivity index (χ1n) is 6.47. The topological polar surface area (TPSA) is 46.5 Å². The molecule has 0 heterocycles. The molecule has 1 aliphatic carbocycles. The standard InChI is InChI=1S/C13H26O3Si/c1-13(2,3)17(4,5)16-11-8-10(6-7-14)12(15)9-11/h7,10-12,15H,6,8-9H2,1-5H3/t10-,11+,12+/m1/s1. The van der Waals surface area contributed by atoms with Gasteiger partial charge in [0.2, 0.25) is 0 Å². The van der Waals surface area contributed by atoms with E-state index in [4.69, 9.17) is 4.43 Å². The maximum absolute atomic E-state index is 10.5. The summed E-state index contributed by atoms with van der Waals surface area (Å²) in [6.07, 6.45) is 2.64. The fraction of sp³-hybridized carbons (Fsp3) is 0.923. The molecule has 4 heteroatoms. The van der Waals surface area contributed by atoms with E-state index in [1.165, 1.54) is 0 Å². The van der Waals surface area contributed by atoms with E-state index in [0.717, 1.165) is 12.7 Å². The van der Waals surface area contributed by atoms with Crippen LogP contribution in [0.5, 0.6) is 0 Å². The number of aliphatic hydroxyl groups excluding tert-OH is 1. The van der Waals surface area contributed by atoms with E-state index in [-0.39, 0.29) is 23.2 Å². The summed E-state index contributed by atoms with van der Waals surface area (Å²) >= 11 is 0. The second-order valence-electron chi connectivity index (χ2n) is 6.70. The molecule has 0 aromatic rings. The van der Waals surface area contributed by atoms with Crippen molar-refractivity contribution in [2.75, 3.05) is 0 Å². The summed E-state index contributed by atoms with van der Waals surface area (Å²) < 4.78 is 6.27. The Bertz CT molecular complexity index is 270. The van der Waals surface area contributed by atoms with Gasteiger partial charge in [-0.05, 0) is 36.9 Å². The van der Waals surface area contributed by atoms with Crippen LogP contribution in [0, 0.1) is 5.92 Å². The van der Waals surface area contributed by atoms with Gasteiger partial charge in [-0.1, -0.05) is 20.8 Å². The van der Waals surface area contributed by atoms with E-state index in [2.05, 4.69) is 33.9 Å². The maximum Gasteiger partial charge on any atom is 0.192 e. The lowest BCUT2D eigenvalue weighted by Gasteiger charge is -2.38. The molecule has 1 aliphatic rings. The predicted molar refractivity (Wildman–Crippen MR) is 71.5 cm³/mol. The lowest BCUT2D eigenvalue weighted by Crippen LogP contribution is -2.43. The van der Waals surface area contributed by atoms with E-state index in [1.807, 2.05) is 0 Å². The number of carbonyl (C=O) groups is 1. The van der Waals surface area contributed by atoms with Gasteiger partial charge in [-0.3, -0.25) is 0 Å². The Morgan fingerprint density at radius 2 is 1.94 bits per heavy atom. The smallest absolute Gasteiger partial charge is 0.192 e. The molecule has 0 saturated heterocycles. The first-order valence-corrected chi connectivity index (χ1v) is 9.37. The highest BCUT2D eigenvalue weighted by Gasteiger charge is 2.42. The second-order valence-corrected chi connectivity index (χ2v) is 11.5. The molecule has 0 aliphatic heterocycles. The molecule has 3 atom stereocenters. The highest BCUT2D eigenvalue weighted by Crippen LogP contribution is 2.40. The van der Waals surface area contributed by atoms with Crippen LogP contribution in [0.1, 0.15) is 40.0 Å². The van der Waals surface area contributed by atoms with Crippen molar-refractivity contribution >= 4 is 14.6 Å². The van der Waals surface area contributed by atoms with Crippen molar-refractivity contribution in [1.29, 1.82) is 0 Å². The van der Waals surface area contributed by atoms with Crippen LogP contribution in [0.2, 0.25) is 18.1 Å². The molecule has 1 N–H and O–H groups in total. The highest BCUT2D eigenvalue weighted by atomic mass is 28.4. The highest BCUT2D eigenvalue weighted by molar-refractivity contribution is 6.74. The molecule has 1 rings (SSSR count). The molecule has 1 saturated carbocycles. The molecule has 0 radical (unpaired) electrons. The molecule has 17 heavy (non-hydrogen) atoms. The van der Waals surface area contributed by atoms with E-state index in [9.17, 15) is 9.90 Å². The molecule has 0 bridgehead atoms. The number of rotatable bonds is 4. The van der Waals surface area contributed by atoms with Crippen molar-refractivity contribution in [1.82, 2.24) is 0 Å². The van der Waals surface area contributed by atoms with Gasteiger partial charge < -0.3 is 14.3 Å². The van der Waals surface area contributed by atoms with Gasteiger partial charge in [-0.15, -0.1) is 0 Å². The Balaban J connectivity index is 2.58. The van der Waals surface area contributed by atoms with Gasteiger partial charge in [0.05, 0.1) is 6.10 Å². The quantitative estimate of drug-likeness (QED) is 0.623. The molecule has 100 valence electrons. The van der Waals surface area contributed by atoms with Crippen LogP contribution in [0.4, 0.5) is 0 Å². The van der Waals surface area contributed by atoms with Gasteiger partial charge >= 0.3 is 0 Å². The van der Waals surface area contributed by atoms with Gasteiger partial charge in [-0.25, -0.2) is 0 Å². The molecule has 1 fully saturated rings. The minimum atomic E-state index is -1.75. The van der Waals surface area contributed by atoms with Gasteiger partial charge in [0, 0.05) is 12.5 Å². The van der Waals surface area contributed by atoms with E-state index in [0.29, 0.717) is 12.8 Å². The zero-order chi connectivity index (χ0) is 13.3. The Hall–Kier alpha value is -0.193. The summed E-state index contributed by atoms with van der Waals surface area (Å²) in [5.74, 6) is 0.0993. The van der Waals surface area contributed by atoms with E-state index >= 15 is 0 Å². The molecule has 0 spiro atoms. The normalized spacial score (nSPS) is 30.6. The van der Waals surface area contributed by atoms with Gasteiger partial charge in [-0.2, -0.15) is 0 Å². The van der Waals surface area contributed by atoms with Crippen LogP contribution in [0.3, 0.4) is 0 Å². The van der Waals surface area contributed by atoms with Crippen molar-refractivity contribution in [2.24, 2.45) is 5.92 Å². The zero-order valence-electron chi connectivity index (χ0n) is 11.7. The fourth-order valence-corrected chi connectivity index (χ4v) is 3.50. The third-order valence-electron chi connectivity index (χ3n) is 4.28. The average Bonchev–Trinajstić information content (AvgIpc) is 2.44. The molecule has 0 aromatic carbocycles. The molecule has 3 nitrogen and oxygen atoms in total. The number of carbonyl (C=O) groups excluding carboxylic acids is 1. The summed E-state index contributed by atoms with van der Waals surface area (Å²) in [7, 11) is -1.75. The third kappa shape index (κ3) is 3.63. The fourth-order valence-electron chi connectivity index (χ4n) is 2.12. The monoisotopic (exact) mass is 258 g/mol. The molecule has 0 unspecified atom stereocenters. The Labute approximate surface area is 106 Å². The van der Waals surface area contributed by atoms with Crippen molar-refractivity contribution in [2.45, 2.75) is 70.4 Å². The van der Waals surface area contributed by atoms with E-state index < -0.39 is 8.32 Å². The van der Waals surface area contributed by atoms with Crippen molar-refractivity contribution in [3.05, 3.63) is 0 Å². The largest absolute Gasteiger partial charge is 0.414 e. The van der Waals surface area contributed by atoms with Crippen molar-refractivity contribution in [3.8, 4) is 0 Å². The number of hydrogen-bond donors (Lipinski definition) is 1. The van der Waals surface area contributed by atoms with Crippen LogP contribution in [0.15, 0.2) is 0 Å². The minimum Gasteiger partial charge on any atom is -0.414 e. The SMILES string of the molecule is CC(C)(C)[Si](C)(C)O[C@H]1C[C@@H](CC=O)[C@@H](O)C1. The van der Waals surface area contributed by atoms with Gasteiger partial charge in [0.25, 0.3) is 0 Å². The van der Waals surface area contributed by atoms with Crippen LogP contribution >= 0.6 is 0 Å². The summed E-state index contributed by atoms with van der Waals surface area (Å²) in [6, 6.07) is 0. The summed E-state index contributed by atoms with van der Waals surface area (Å²) in [5.41, 5.74) is 0. The number of aldehydes is 1. The minimum absolute atomic E-state index is 0.0993. The maximum atomic E-state index is 10.5. The van der Waals surface area contributed by atoms with Gasteiger partial charge in [0.15, 0.2) is 8.32 Å². The summed E-state index contributed by atoms with van der Waals surface area (Å²) in [5, 5.41) is 10.1. The van der Waals surface area contributed by atoms with Crippen LogP contribution < -0.4 is 0 Å². The van der Waals surface area contributed by atoms with E-state index in [1.54, 1.807) is 0 Å². The Morgan fingerprint density at radius 1 is 1.35 bits per heavy atom. The lowest BCUT2D eigenvalue weighted by molar-refractivity contribution is -0.109. The number of hydrogen-bond acceptors (Lipinski definition) is 3.